The van der Waals surface area contributed by atoms with Crippen LogP contribution in [-0.4, -0.2) is 15.1 Å². The van der Waals surface area contributed by atoms with Crippen LogP contribution in [0.5, 0.6) is 0 Å². The molecule has 0 amide bonds. The van der Waals surface area contributed by atoms with E-state index in [9.17, 15) is 10.1 Å². The third-order valence-corrected chi connectivity index (χ3v) is 5.01. The monoisotopic (exact) mass is 364 g/mol. The average Bonchev–Trinajstić information content (AvgIpc) is 3.11. The van der Waals surface area contributed by atoms with Crippen LogP contribution in [0.1, 0.15) is 68.3 Å². The minimum absolute atomic E-state index is 0.0197. The maximum atomic E-state index is 10.9. The van der Waals surface area contributed by atoms with Crippen molar-refractivity contribution in [1.29, 1.82) is 0 Å². The minimum atomic E-state index is -0.433. The summed E-state index contributed by atoms with van der Waals surface area (Å²) in [7, 11) is 0. The van der Waals surface area contributed by atoms with Crippen molar-refractivity contribution in [3.05, 3.63) is 50.6 Å². The lowest BCUT2D eigenvalue weighted by Crippen LogP contribution is -2.19. The van der Waals surface area contributed by atoms with Gasteiger partial charge in [0.15, 0.2) is 5.82 Å². The zero-order valence-corrected chi connectivity index (χ0v) is 14.8. The molecule has 134 valence electrons. The Balaban J connectivity index is 1.63. The summed E-state index contributed by atoms with van der Waals surface area (Å²) in [6.45, 7) is 2.30. The van der Waals surface area contributed by atoms with Gasteiger partial charge in [-0.1, -0.05) is 36.0 Å². The molecule has 1 unspecified atom stereocenters. The van der Waals surface area contributed by atoms with Crippen molar-refractivity contribution in [2.24, 2.45) is 0 Å². The highest BCUT2D eigenvalue weighted by Gasteiger charge is 2.22. The van der Waals surface area contributed by atoms with Crippen molar-refractivity contribution >= 4 is 17.3 Å². The van der Waals surface area contributed by atoms with Gasteiger partial charge in [0.1, 0.15) is 0 Å². The summed E-state index contributed by atoms with van der Waals surface area (Å²) in [6.07, 6.45) is 5.94. The minimum Gasteiger partial charge on any atom is -0.338 e. The van der Waals surface area contributed by atoms with Gasteiger partial charge in [-0.2, -0.15) is 4.98 Å². The number of rotatable bonds is 6. The van der Waals surface area contributed by atoms with Gasteiger partial charge in [-0.3, -0.25) is 10.1 Å². The topological polar surface area (TPSA) is 94.1 Å². The number of benzene rings is 1. The van der Waals surface area contributed by atoms with Gasteiger partial charge >= 0.3 is 0 Å². The van der Waals surface area contributed by atoms with Crippen LogP contribution in [0.25, 0.3) is 0 Å². The van der Waals surface area contributed by atoms with Crippen LogP contribution in [0, 0.1) is 10.1 Å². The van der Waals surface area contributed by atoms with Crippen molar-refractivity contribution in [2.45, 2.75) is 57.5 Å². The maximum absolute atomic E-state index is 10.9. The summed E-state index contributed by atoms with van der Waals surface area (Å²) in [5.41, 5.74) is 0.681. The molecule has 8 heteroatoms. The molecule has 3 rings (SSSR count). The zero-order chi connectivity index (χ0) is 17.8. The summed E-state index contributed by atoms with van der Waals surface area (Å²) in [4.78, 5) is 15.0. The SMILES string of the molecule is CC(NCc1cc([N+](=O)[O-])ccc1Cl)c1nc(C2CCCCC2)no1. The Hall–Kier alpha value is -1.99. The molecule has 1 aliphatic carbocycles. The molecule has 0 saturated heterocycles. The Kier molecular flexibility index (Phi) is 5.65. The van der Waals surface area contributed by atoms with Gasteiger partial charge in [0, 0.05) is 29.6 Å². The summed E-state index contributed by atoms with van der Waals surface area (Å²) in [6, 6.07) is 4.24. The number of nitro benzene ring substituents is 1. The number of hydrogen-bond acceptors (Lipinski definition) is 6. The first-order chi connectivity index (χ1) is 12.0. The molecule has 1 aliphatic rings. The summed E-state index contributed by atoms with van der Waals surface area (Å²) in [5, 5.41) is 18.7. The first-order valence-corrected chi connectivity index (χ1v) is 8.92. The second-order valence-corrected chi connectivity index (χ2v) is 6.87. The van der Waals surface area contributed by atoms with E-state index in [1.54, 1.807) is 0 Å². The molecule has 1 saturated carbocycles. The van der Waals surface area contributed by atoms with E-state index in [2.05, 4.69) is 15.5 Å². The zero-order valence-electron chi connectivity index (χ0n) is 14.1. The summed E-state index contributed by atoms with van der Waals surface area (Å²) in [5.74, 6) is 1.71. The predicted molar refractivity (Wildman–Crippen MR) is 93.5 cm³/mol. The molecule has 0 spiro atoms. The second-order valence-electron chi connectivity index (χ2n) is 6.46. The van der Waals surface area contributed by atoms with Crippen LogP contribution in [0.3, 0.4) is 0 Å². The van der Waals surface area contributed by atoms with Crippen molar-refractivity contribution in [2.75, 3.05) is 0 Å². The van der Waals surface area contributed by atoms with Crippen molar-refractivity contribution in [1.82, 2.24) is 15.5 Å². The molecule has 1 aromatic carbocycles. The van der Waals surface area contributed by atoms with E-state index in [1.807, 2.05) is 6.92 Å². The highest BCUT2D eigenvalue weighted by Crippen LogP contribution is 2.31. The first-order valence-electron chi connectivity index (χ1n) is 8.54. The number of nitro groups is 1. The first kappa shape index (κ1) is 17.8. The van der Waals surface area contributed by atoms with Crippen LogP contribution < -0.4 is 5.32 Å². The maximum Gasteiger partial charge on any atom is 0.269 e. The highest BCUT2D eigenvalue weighted by atomic mass is 35.5. The lowest BCUT2D eigenvalue weighted by Gasteiger charge is -2.17. The molecule has 25 heavy (non-hydrogen) atoms. The molecule has 1 aromatic heterocycles. The second kappa shape index (κ2) is 7.93. The van der Waals surface area contributed by atoms with Crippen LogP contribution in [0.2, 0.25) is 5.02 Å². The molecule has 0 bridgehead atoms. The van der Waals surface area contributed by atoms with E-state index in [4.69, 9.17) is 16.1 Å². The van der Waals surface area contributed by atoms with Gasteiger partial charge in [-0.05, 0) is 31.4 Å². The number of hydrogen-bond donors (Lipinski definition) is 1. The average molecular weight is 365 g/mol. The quantitative estimate of drug-likeness (QED) is 0.597. The largest absolute Gasteiger partial charge is 0.338 e. The van der Waals surface area contributed by atoms with E-state index in [0.29, 0.717) is 28.9 Å². The fourth-order valence-corrected chi connectivity index (χ4v) is 3.29. The van der Waals surface area contributed by atoms with E-state index in [0.717, 1.165) is 18.7 Å². The molecule has 0 aliphatic heterocycles. The van der Waals surface area contributed by atoms with Crippen LogP contribution in [0.15, 0.2) is 22.7 Å². The standard InChI is InChI=1S/C17H21ClN4O3/c1-11(17-20-16(21-25-17)12-5-3-2-4-6-12)19-10-13-9-14(22(23)24)7-8-15(13)18/h7-9,11-12,19H,2-6,10H2,1H3. The van der Waals surface area contributed by atoms with Crippen molar-refractivity contribution in [3.8, 4) is 0 Å². The Morgan fingerprint density at radius 1 is 1.40 bits per heavy atom. The normalized spacial score (nSPS) is 16.7. The number of non-ortho nitro benzene ring substituents is 1. The molecule has 0 radical (unpaired) electrons. The molecule has 1 atom stereocenters. The van der Waals surface area contributed by atoms with Gasteiger partial charge < -0.3 is 9.84 Å². The lowest BCUT2D eigenvalue weighted by atomic mass is 9.89. The Morgan fingerprint density at radius 2 is 2.16 bits per heavy atom. The van der Waals surface area contributed by atoms with Crippen LogP contribution >= 0.6 is 11.6 Å². The van der Waals surface area contributed by atoms with E-state index < -0.39 is 4.92 Å². The third kappa shape index (κ3) is 4.35. The van der Waals surface area contributed by atoms with Crippen LogP contribution in [0.4, 0.5) is 5.69 Å². The van der Waals surface area contributed by atoms with Crippen molar-refractivity contribution < 1.29 is 9.45 Å². The molecule has 7 nitrogen and oxygen atoms in total. The van der Waals surface area contributed by atoms with Crippen LogP contribution in [-0.2, 0) is 6.54 Å². The summed E-state index contributed by atoms with van der Waals surface area (Å²) < 4.78 is 5.40. The molecule has 1 fully saturated rings. The van der Waals surface area contributed by atoms with E-state index in [1.165, 1.54) is 37.5 Å². The Morgan fingerprint density at radius 3 is 2.88 bits per heavy atom. The molecule has 1 heterocycles. The lowest BCUT2D eigenvalue weighted by molar-refractivity contribution is -0.384. The number of halogens is 1. The molecule has 2 aromatic rings. The third-order valence-electron chi connectivity index (χ3n) is 4.64. The molecule has 1 N–H and O–H groups in total. The molecular weight excluding hydrogens is 344 g/mol. The number of nitrogens with one attached hydrogen (secondary N) is 1. The fraction of sp³-hybridized carbons (Fsp3) is 0.529. The Bertz CT molecular complexity index is 743. The van der Waals surface area contributed by atoms with Gasteiger partial charge in [-0.15, -0.1) is 0 Å². The predicted octanol–water partition coefficient (Wildman–Crippen LogP) is 4.53. The molecular formula is C17H21ClN4O3. The van der Waals surface area contributed by atoms with Crippen molar-refractivity contribution in [3.63, 3.8) is 0 Å². The van der Waals surface area contributed by atoms with E-state index >= 15 is 0 Å². The van der Waals surface area contributed by atoms with Gasteiger partial charge in [0.2, 0.25) is 5.89 Å². The van der Waals surface area contributed by atoms with E-state index in [-0.39, 0.29) is 11.7 Å². The number of nitrogens with zero attached hydrogens (tertiary/aromatic N) is 3. The smallest absolute Gasteiger partial charge is 0.269 e. The highest BCUT2D eigenvalue weighted by molar-refractivity contribution is 6.31. The Labute approximate surface area is 150 Å². The van der Waals surface area contributed by atoms with Gasteiger partial charge in [-0.25, -0.2) is 0 Å². The fourth-order valence-electron chi connectivity index (χ4n) is 3.11. The number of aromatic nitrogens is 2. The van der Waals surface area contributed by atoms with Gasteiger partial charge in [0.25, 0.3) is 5.69 Å². The summed E-state index contributed by atoms with van der Waals surface area (Å²) >= 11 is 6.12. The van der Waals surface area contributed by atoms with Gasteiger partial charge in [0.05, 0.1) is 11.0 Å².